The summed E-state index contributed by atoms with van der Waals surface area (Å²) in [7, 11) is 0. The first-order valence-electron chi connectivity index (χ1n) is 4.35. The molecule has 0 heterocycles. The zero-order chi connectivity index (χ0) is 14.0. The Hall–Kier alpha value is -2.58. The Morgan fingerprint density at radius 1 is 1.17 bits per heavy atom. The summed E-state index contributed by atoms with van der Waals surface area (Å²) < 4.78 is 26.6. The Kier molecular flexibility index (Phi) is 3.55. The van der Waals surface area contributed by atoms with Crippen LogP contribution in [0.25, 0.3) is 0 Å². The fourth-order valence-electron chi connectivity index (χ4n) is 1.29. The molecule has 0 saturated carbocycles. The number of rotatable bonds is 4. The fraction of sp³-hybridized carbons (Fsp3) is 0.111. The third kappa shape index (κ3) is 2.24. The zero-order valence-corrected chi connectivity index (χ0v) is 8.46. The average Bonchev–Trinajstić information content (AvgIpc) is 2.23. The maximum Gasteiger partial charge on any atom is 0.322 e. The lowest BCUT2D eigenvalue weighted by molar-refractivity contribution is -0.387. The van der Waals surface area contributed by atoms with Gasteiger partial charge in [-0.1, -0.05) is 0 Å². The number of hydrogen-bond donors (Lipinski definition) is 2. The van der Waals surface area contributed by atoms with Crippen molar-refractivity contribution < 1.29 is 33.5 Å². The van der Waals surface area contributed by atoms with E-state index in [0.717, 1.165) is 0 Å². The summed E-state index contributed by atoms with van der Waals surface area (Å²) in [6.07, 6.45) is 0. The molecule has 9 heteroatoms. The summed E-state index contributed by atoms with van der Waals surface area (Å²) in [6.45, 7) is 0. The minimum absolute atomic E-state index is 0.507. The second-order valence-electron chi connectivity index (χ2n) is 3.17. The van der Waals surface area contributed by atoms with Gasteiger partial charge in [-0.2, -0.15) is 4.39 Å². The number of nitro benzene ring substituents is 1. The summed E-state index contributed by atoms with van der Waals surface area (Å²) in [4.78, 5) is 30.3. The Balaban J connectivity index is 3.44. The second-order valence-corrected chi connectivity index (χ2v) is 3.17. The van der Waals surface area contributed by atoms with E-state index in [1.807, 2.05) is 0 Å². The van der Waals surface area contributed by atoms with Crippen molar-refractivity contribution in [3.05, 3.63) is 39.4 Å². The second kappa shape index (κ2) is 4.73. The highest BCUT2D eigenvalue weighted by atomic mass is 19.2. The highest BCUT2D eigenvalue weighted by Gasteiger charge is 2.34. The fourth-order valence-corrected chi connectivity index (χ4v) is 1.29. The topological polar surface area (TPSA) is 118 Å². The van der Waals surface area contributed by atoms with Crippen LogP contribution in [-0.2, 0) is 9.59 Å². The molecule has 1 aromatic rings. The standard InChI is InChI=1S/C9H5F2NO6/c10-6-3(5(8(13)14)9(15)16)1-2-4(7(6)11)12(17)18/h1-2,5H,(H,13,14)(H,15,16). The quantitative estimate of drug-likeness (QED) is 0.476. The van der Waals surface area contributed by atoms with E-state index < -0.39 is 45.7 Å². The summed E-state index contributed by atoms with van der Waals surface area (Å²) >= 11 is 0. The maximum atomic E-state index is 13.4. The monoisotopic (exact) mass is 261 g/mol. The van der Waals surface area contributed by atoms with Crippen LogP contribution >= 0.6 is 0 Å². The molecule has 0 radical (unpaired) electrons. The molecular formula is C9H5F2NO6. The number of carbonyl (C=O) groups is 2. The Labute approximate surface area is 97.4 Å². The highest BCUT2D eigenvalue weighted by Crippen LogP contribution is 2.27. The predicted molar refractivity (Wildman–Crippen MR) is 51.0 cm³/mol. The van der Waals surface area contributed by atoms with Crippen molar-refractivity contribution in [3.8, 4) is 0 Å². The van der Waals surface area contributed by atoms with Gasteiger partial charge >= 0.3 is 17.6 Å². The van der Waals surface area contributed by atoms with Gasteiger partial charge in [0.2, 0.25) is 5.82 Å². The molecule has 1 rings (SSSR count). The van der Waals surface area contributed by atoms with Gasteiger partial charge in [-0.05, 0) is 6.07 Å². The van der Waals surface area contributed by atoms with Crippen LogP contribution in [0.4, 0.5) is 14.5 Å². The molecule has 0 amide bonds. The number of halogens is 2. The third-order valence-electron chi connectivity index (χ3n) is 2.09. The van der Waals surface area contributed by atoms with Gasteiger partial charge in [0.25, 0.3) is 0 Å². The summed E-state index contributed by atoms with van der Waals surface area (Å²) in [5.74, 6) is -9.91. The molecular weight excluding hydrogens is 256 g/mol. The molecule has 18 heavy (non-hydrogen) atoms. The lowest BCUT2D eigenvalue weighted by Crippen LogP contribution is -2.22. The molecule has 0 aromatic heterocycles. The molecule has 0 aliphatic carbocycles. The van der Waals surface area contributed by atoms with Gasteiger partial charge in [-0.15, -0.1) is 0 Å². The van der Waals surface area contributed by atoms with Crippen molar-refractivity contribution >= 4 is 17.6 Å². The SMILES string of the molecule is O=C(O)C(C(=O)O)c1ccc([N+](=O)[O-])c(F)c1F. The smallest absolute Gasteiger partial charge is 0.322 e. The normalized spacial score (nSPS) is 10.4. The van der Waals surface area contributed by atoms with Crippen LogP contribution in [-0.4, -0.2) is 27.1 Å². The molecule has 0 aliphatic heterocycles. The van der Waals surface area contributed by atoms with E-state index in [2.05, 4.69) is 0 Å². The summed E-state index contributed by atoms with van der Waals surface area (Å²) in [5, 5.41) is 27.5. The van der Waals surface area contributed by atoms with Crippen molar-refractivity contribution in [2.75, 3.05) is 0 Å². The average molecular weight is 261 g/mol. The first-order valence-corrected chi connectivity index (χ1v) is 4.35. The third-order valence-corrected chi connectivity index (χ3v) is 2.09. The van der Waals surface area contributed by atoms with E-state index in [4.69, 9.17) is 10.2 Å². The minimum Gasteiger partial charge on any atom is -0.480 e. The van der Waals surface area contributed by atoms with Gasteiger partial charge in [-0.25, -0.2) is 4.39 Å². The van der Waals surface area contributed by atoms with E-state index in [1.54, 1.807) is 0 Å². The van der Waals surface area contributed by atoms with Crippen LogP contribution < -0.4 is 0 Å². The molecule has 96 valence electrons. The van der Waals surface area contributed by atoms with E-state index in [-0.39, 0.29) is 0 Å². The summed E-state index contributed by atoms with van der Waals surface area (Å²) in [5.41, 5.74) is -2.19. The van der Waals surface area contributed by atoms with Gasteiger partial charge in [-0.3, -0.25) is 19.7 Å². The number of hydrogen-bond acceptors (Lipinski definition) is 4. The van der Waals surface area contributed by atoms with Crippen LogP contribution in [0.3, 0.4) is 0 Å². The molecule has 0 saturated heterocycles. The van der Waals surface area contributed by atoms with Gasteiger partial charge in [0, 0.05) is 11.6 Å². The van der Waals surface area contributed by atoms with E-state index in [9.17, 15) is 28.5 Å². The molecule has 0 unspecified atom stereocenters. The minimum atomic E-state index is -2.33. The maximum absolute atomic E-state index is 13.4. The molecule has 0 aliphatic rings. The molecule has 0 spiro atoms. The molecule has 7 nitrogen and oxygen atoms in total. The number of carboxylic acids is 2. The largest absolute Gasteiger partial charge is 0.480 e. The van der Waals surface area contributed by atoms with Crippen LogP contribution in [0, 0.1) is 21.7 Å². The molecule has 0 atom stereocenters. The first-order chi connectivity index (χ1) is 8.27. The van der Waals surface area contributed by atoms with Crippen LogP contribution in [0.15, 0.2) is 12.1 Å². The number of benzene rings is 1. The molecule has 0 fully saturated rings. The van der Waals surface area contributed by atoms with E-state index >= 15 is 0 Å². The van der Waals surface area contributed by atoms with Gasteiger partial charge < -0.3 is 10.2 Å². The van der Waals surface area contributed by atoms with Gasteiger partial charge in [0.15, 0.2) is 11.7 Å². The molecule has 0 bridgehead atoms. The highest BCUT2D eigenvalue weighted by molar-refractivity contribution is 5.99. The van der Waals surface area contributed by atoms with Crippen molar-refractivity contribution in [3.63, 3.8) is 0 Å². The van der Waals surface area contributed by atoms with Crippen molar-refractivity contribution in [2.24, 2.45) is 0 Å². The van der Waals surface area contributed by atoms with Crippen LogP contribution in [0.1, 0.15) is 11.5 Å². The van der Waals surface area contributed by atoms with E-state index in [0.29, 0.717) is 12.1 Å². The van der Waals surface area contributed by atoms with Crippen LogP contribution in [0.2, 0.25) is 0 Å². The summed E-state index contributed by atoms with van der Waals surface area (Å²) in [6, 6.07) is 1.07. The lowest BCUT2D eigenvalue weighted by atomic mass is 9.98. The molecule has 1 aromatic carbocycles. The number of nitrogens with zero attached hydrogens (tertiary/aromatic N) is 1. The zero-order valence-electron chi connectivity index (χ0n) is 8.46. The number of aliphatic carboxylic acids is 2. The van der Waals surface area contributed by atoms with Crippen molar-refractivity contribution in [1.82, 2.24) is 0 Å². The first kappa shape index (κ1) is 13.5. The molecule has 2 N–H and O–H groups in total. The lowest BCUT2D eigenvalue weighted by Gasteiger charge is -2.09. The Morgan fingerprint density at radius 3 is 2.06 bits per heavy atom. The number of nitro groups is 1. The van der Waals surface area contributed by atoms with Crippen molar-refractivity contribution in [1.29, 1.82) is 0 Å². The van der Waals surface area contributed by atoms with Gasteiger partial charge in [0.1, 0.15) is 0 Å². The van der Waals surface area contributed by atoms with Crippen molar-refractivity contribution in [2.45, 2.75) is 5.92 Å². The van der Waals surface area contributed by atoms with Gasteiger partial charge in [0.05, 0.1) is 4.92 Å². The number of carboxylic acid groups (broad SMARTS) is 2. The Morgan fingerprint density at radius 2 is 1.67 bits per heavy atom. The van der Waals surface area contributed by atoms with E-state index in [1.165, 1.54) is 0 Å². The van der Waals surface area contributed by atoms with Crippen LogP contribution in [0.5, 0.6) is 0 Å². The Bertz CT molecular complexity index is 530. The predicted octanol–water partition coefficient (Wildman–Crippen LogP) is 1.13.